The third-order valence-corrected chi connectivity index (χ3v) is 6.86. The van der Waals surface area contributed by atoms with Crippen molar-refractivity contribution in [1.82, 2.24) is 9.47 Å². The van der Waals surface area contributed by atoms with Crippen molar-refractivity contribution in [3.63, 3.8) is 0 Å². The molecule has 206 valence electrons. The summed E-state index contributed by atoms with van der Waals surface area (Å²) in [5.74, 6) is -2.95. The number of aliphatic hydroxyl groups is 1. The molecule has 3 aromatic rings. The summed E-state index contributed by atoms with van der Waals surface area (Å²) in [6, 6.07) is 13.4. The number of ether oxygens (including phenoxy) is 1. The number of carbonyl (C=O) groups excluding carboxylic acids is 1. The number of nitrogens with zero attached hydrogens (tertiary/aromatic N) is 2. The van der Waals surface area contributed by atoms with Crippen LogP contribution in [0.3, 0.4) is 0 Å². The molecule has 0 aliphatic carbocycles. The van der Waals surface area contributed by atoms with Gasteiger partial charge in [0.15, 0.2) is 0 Å². The zero-order valence-electron chi connectivity index (χ0n) is 20.4. The summed E-state index contributed by atoms with van der Waals surface area (Å²) in [6.45, 7) is 3.21. The Hall–Kier alpha value is -2.79. The Morgan fingerprint density at radius 2 is 1.66 bits per heavy atom. The van der Waals surface area contributed by atoms with Crippen LogP contribution in [0.5, 0.6) is 0 Å². The highest BCUT2D eigenvalue weighted by Crippen LogP contribution is 2.28. The molecule has 1 atom stereocenters. The highest BCUT2D eigenvalue weighted by atomic mass is 35.5. The summed E-state index contributed by atoms with van der Waals surface area (Å²) in [5.41, 5.74) is 2.57. The first-order chi connectivity index (χ1) is 17.9. The van der Waals surface area contributed by atoms with Crippen LogP contribution in [0.15, 0.2) is 48.7 Å². The van der Waals surface area contributed by atoms with E-state index in [2.05, 4.69) is 17.0 Å². The SMILES string of the molecule is COC(=O)c1cn(CC(O)C2CCN(Cc3ccc(Cl)cc3)CC2)c2ccc(Cl)cc12.O=C(O)C(F)(F)F. The molecule has 12 heteroatoms. The van der Waals surface area contributed by atoms with Crippen LogP contribution in [0.1, 0.15) is 28.8 Å². The van der Waals surface area contributed by atoms with Crippen LogP contribution in [0.2, 0.25) is 10.0 Å². The van der Waals surface area contributed by atoms with Crippen molar-refractivity contribution in [3.8, 4) is 0 Å². The summed E-state index contributed by atoms with van der Waals surface area (Å²) < 4.78 is 38.6. The Morgan fingerprint density at radius 1 is 1.08 bits per heavy atom. The Labute approximate surface area is 227 Å². The number of aliphatic hydroxyl groups excluding tert-OH is 1. The fraction of sp³-hybridized carbons (Fsp3) is 0.385. The number of halogens is 5. The minimum atomic E-state index is -5.08. The van der Waals surface area contributed by atoms with E-state index in [-0.39, 0.29) is 5.92 Å². The number of benzene rings is 2. The van der Waals surface area contributed by atoms with Gasteiger partial charge in [-0.05, 0) is 67.7 Å². The first-order valence-corrected chi connectivity index (χ1v) is 12.5. The molecule has 2 aromatic carbocycles. The maximum Gasteiger partial charge on any atom is 0.490 e. The summed E-state index contributed by atoms with van der Waals surface area (Å²) in [7, 11) is 1.36. The number of carbonyl (C=O) groups is 2. The molecule has 0 spiro atoms. The molecule has 1 fully saturated rings. The van der Waals surface area contributed by atoms with Crippen LogP contribution < -0.4 is 0 Å². The summed E-state index contributed by atoms with van der Waals surface area (Å²) in [4.78, 5) is 23.5. The Bertz CT molecular complexity index is 1260. The molecule has 1 unspecified atom stereocenters. The molecule has 2 N–H and O–H groups in total. The fourth-order valence-corrected chi connectivity index (χ4v) is 4.69. The van der Waals surface area contributed by atoms with Gasteiger partial charge in [-0.2, -0.15) is 13.2 Å². The van der Waals surface area contributed by atoms with Crippen LogP contribution in [0.4, 0.5) is 13.2 Å². The second-order valence-corrected chi connectivity index (χ2v) is 9.83. The largest absolute Gasteiger partial charge is 0.490 e. The quantitative estimate of drug-likeness (QED) is 0.370. The average molecular weight is 575 g/mol. The van der Waals surface area contributed by atoms with Crippen molar-refractivity contribution in [3.05, 3.63) is 69.8 Å². The van der Waals surface area contributed by atoms with Crippen LogP contribution >= 0.6 is 23.2 Å². The topological polar surface area (TPSA) is 92.0 Å². The van der Waals surface area contributed by atoms with E-state index >= 15 is 0 Å². The number of aromatic nitrogens is 1. The molecule has 0 bridgehead atoms. The number of rotatable bonds is 6. The minimum absolute atomic E-state index is 0.216. The molecule has 0 amide bonds. The maximum atomic E-state index is 12.2. The van der Waals surface area contributed by atoms with Crippen LogP contribution in [-0.4, -0.2) is 64.1 Å². The molecule has 1 saturated heterocycles. The van der Waals surface area contributed by atoms with E-state index < -0.39 is 24.2 Å². The van der Waals surface area contributed by atoms with Gasteiger partial charge in [-0.1, -0.05) is 35.3 Å². The van der Waals surface area contributed by atoms with Crippen LogP contribution in [0.25, 0.3) is 10.9 Å². The number of piperidine rings is 1. The standard InChI is InChI=1S/C24H26Cl2N2O3.C2HF3O2/c1-31-24(30)21-14-28(22-7-6-19(26)12-20(21)22)15-23(29)17-8-10-27(11-9-17)13-16-2-4-18(25)5-3-16;3-2(4,5)1(6)7/h2-7,12,14,17,23,29H,8-11,13,15H2,1H3;(H,6,7). The number of carboxylic acids is 1. The van der Waals surface area contributed by atoms with Gasteiger partial charge in [0.1, 0.15) is 0 Å². The zero-order chi connectivity index (χ0) is 28.0. The molecule has 38 heavy (non-hydrogen) atoms. The second kappa shape index (κ2) is 12.8. The smallest absolute Gasteiger partial charge is 0.475 e. The number of hydrogen-bond acceptors (Lipinski definition) is 5. The second-order valence-electron chi connectivity index (χ2n) is 8.96. The number of aliphatic carboxylic acids is 1. The number of fused-ring (bicyclic) bond motifs is 1. The van der Waals surface area contributed by atoms with Crippen molar-refractivity contribution in [2.75, 3.05) is 20.2 Å². The van der Waals surface area contributed by atoms with Gasteiger partial charge in [0.2, 0.25) is 0 Å². The predicted molar refractivity (Wildman–Crippen MR) is 137 cm³/mol. The number of alkyl halides is 3. The highest BCUT2D eigenvalue weighted by molar-refractivity contribution is 6.31. The fourth-order valence-electron chi connectivity index (χ4n) is 4.39. The van der Waals surface area contributed by atoms with E-state index in [0.717, 1.165) is 48.4 Å². The first kappa shape index (κ1) is 29.8. The van der Waals surface area contributed by atoms with Gasteiger partial charge >= 0.3 is 18.1 Å². The van der Waals surface area contributed by atoms with E-state index in [9.17, 15) is 23.1 Å². The van der Waals surface area contributed by atoms with Gasteiger partial charge in [0.05, 0.1) is 18.8 Å². The van der Waals surface area contributed by atoms with Gasteiger partial charge in [-0.25, -0.2) is 9.59 Å². The monoisotopic (exact) mass is 574 g/mol. The Morgan fingerprint density at radius 3 is 2.21 bits per heavy atom. The zero-order valence-corrected chi connectivity index (χ0v) is 21.9. The van der Waals surface area contributed by atoms with Crippen molar-refractivity contribution in [2.45, 2.75) is 38.2 Å². The van der Waals surface area contributed by atoms with Gasteiger partial charge < -0.3 is 19.5 Å². The normalized spacial score (nSPS) is 15.6. The molecule has 1 aliphatic rings. The van der Waals surface area contributed by atoms with Gasteiger partial charge in [0, 0.05) is 40.2 Å². The van der Waals surface area contributed by atoms with Gasteiger partial charge in [-0.15, -0.1) is 0 Å². The third kappa shape index (κ3) is 7.86. The summed E-state index contributed by atoms with van der Waals surface area (Å²) >= 11 is 12.1. The lowest BCUT2D eigenvalue weighted by Crippen LogP contribution is -2.38. The van der Waals surface area contributed by atoms with E-state index in [0.29, 0.717) is 17.1 Å². The van der Waals surface area contributed by atoms with E-state index in [1.54, 1.807) is 18.3 Å². The molecule has 0 saturated carbocycles. The lowest BCUT2D eigenvalue weighted by atomic mass is 9.91. The van der Waals surface area contributed by atoms with E-state index in [4.69, 9.17) is 37.8 Å². The number of hydrogen-bond donors (Lipinski definition) is 2. The number of methoxy groups -OCH3 is 1. The molecule has 0 radical (unpaired) electrons. The summed E-state index contributed by atoms with van der Waals surface area (Å²) in [5, 5.41) is 20.1. The number of esters is 1. The molecule has 2 heterocycles. The van der Waals surface area contributed by atoms with Crippen molar-refractivity contribution < 1.29 is 37.7 Å². The Kier molecular flexibility index (Phi) is 10.1. The van der Waals surface area contributed by atoms with Crippen molar-refractivity contribution in [1.29, 1.82) is 0 Å². The van der Waals surface area contributed by atoms with Crippen LogP contribution in [0, 0.1) is 5.92 Å². The lowest BCUT2D eigenvalue weighted by molar-refractivity contribution is -0.192. The predicted octanol–water partition coefficient (Wildman–Crippen LogP) is 5.64. The molecule has 7 nitrogen and oxygen atoms in total. The molecule has 1 aliphatic heterocycles. The summed E-state index contributed by atoms with van der Waals surface area (Å²) in [6.07, 6.45) is -1.95. The first-order valence-electron chi connectivity index (χ1n) is 11.7. The minimum Gasteiger partial charge on any atom is -0.475 e. The maximum absolute atomic E-state index is 12.2. The van der Waals surface area contributed by atoms with Crippen molar-refractivity contribution in [2.24, 2.45) is 5.92 Å². The third-order valence-electron chi connectivity index (χ3n) is 6.37. The van der Waals surface area contributed by atoms with Crippen LogP contribution in [-0.2, 0) is 22.6 Å². The average Bonchev–Trinajstić information content (AvgIpc) is 3.22. The van der Waals surface area contributed by atoms with Gasteiger partial charge in [-0.3, -0.25) is 4.90 Å². The molecule has 4 rings (SSSR count). The van der Waals surface area contributed by atoms with E-state index in [1.165, 1.54) is 12.7 Å². The van der Waals surface area contributed by atoms with Gasteiger partial charge in [0.25, 0.3) is 0 Å². The Balaban J connectivity index is 0.000000505. The molecular formula is C26H27Cl2F3N2O5. The van der Waals surface area contributed by atoms with Crippen molar-refractivity contribution >= 4 is 46.0 Å². The highest BCUT2D eigenvalue weighted by Gasteiger charge is 2.38. The van der Waals surface area contributed by atoms with E-state index in [1.807, 2.05) is 22.8 Å². The number of likely N-dealkylation sites (tertiary alicyclic amines) is 1. The number of carboxylic acid groups (broad SMARTS) is 1. The lowest BCUT2D eigenvalue weighted by Gasteiger charge is -2.34. The molecule has 1 aromatic heterocycles. The molecular weight excluding hydrogens is 548 g/mol.